The molecule has 2 N–H and O–H groups in total. The lowest BCUT2D eigenvalue weighted by atomic mass is 10.4. The van der Waals surface area contributed by atoms with E-state index >= 15 is 0 Å². The van der Waals surface area contributed by atoms with Crippen LogP contribution in [0.1, 0.15) is 17.9 Å². The van der Waals surface area contributed by atoms with Gasteiger partial charge in [0.05, 0.1) is 12.1 Å². The second-order valence-corrected chi connectivity index (χ2v) is 6.42. The van der Waals surface area contributed by atoms with Gasteiger partial charge in [-0.2, -0.15) is 11.8 Å². The van der Waals surface area contributed by atoms with Gasteiger partial charge in [0.2, 0.25) is 0 Å². The van der Waals surface area contributed by atoms with Crippen molar-refractivity contribution >= 4 is 29.1 Å². The van der Waals surface area contributed by atoms with E-state index in [0.29, 0.717) is 0 Å². The topological polar surface area (TPSA) is 55.0 Å². The summed E-state index contributed by atoms with van der Waals surface area (Å²) in [6, 6.07) is 4.03. The van der Waals surface area contributed by atoms with E-state index in [-0.39, 0.29) is 0 Å². The smallest absolute Gasteiger partial charge is 0.166 e. The van der Waals surface area contributed by atoms with Gasteiger partial charge in [0, 0.05) is 37.8 Å². The van der Waals surface area contributed by atoms with Crippen molar-refractivity contribution in [2.24, 2.45) is 0 Å². The zero-order valence-corrected chi connectivity index (χ0v) is 14.4. The van der Waals surface area contributed by atoms with Gasteiger partial charge in [0.1, 0.15) is 11.5 Å². The fourth-order valence-electron chi connectivity index (χ4n) is 1.92. The van der Waals surface area contributed by atoms with Gasteiger partial charge in [0.25, 0.3) is 0 Å². The molecular weight excluding hydrogens is 316 g/mol. The first-order valence-electron chi connectivity index (χ1n) is 7.34. The number of thiocarbonyl (C=S) groups is 1. The summed E-state index contributed by atoms with van der Waals surface area (Å²) in [5.74, 6) is 3.90. The number of hydrogen-bond acceptors (Lipinski definition) is 4. The van der Waals surface area contributed by atoms with Crippen LogP contribution in [0.25, 0.3) is 0 Å². The predicted octanol–water partition coefficient (Wildman–Crippen LogP) is 2.57. The first-order chi connectivity index (χ1) is 10.7. The number of thioether (sulfide) groups is 1. The van der Waals surface area contributed by atoms with Crippen LogP contribution in [0.2, 0.25) is 0 Å². The SMILES string of the molecule is Cc1ccc(CSCCNC(=S)NCCCn2ccnc2)o1. The number of rotatable bonds is 9. The van der Waals surface area contributed by atoms with Crippen LogP contribution in [-0.4, -0.2) is 33.5 Å². The average molecular weight is 339 g/mol. The van der Waals surface area contributed by atoms with Crippen LogP contribution >= 0.6 is 24.0 Å². The fraction of sp³-hybridized carbons (Fsp3) is 0.467. The molecule has 0 amide bonds. The molecule has 0 bridgehead atoms. The molecule has 2 aromatic rings. The molecule has 0 aromatic carbocycles. The standard InChI is InChI=1S/C15H22N4OS2/c1-13-3-4-14(20-13)11-22-10-7-18-15(21)17-5-2-8-19-9-6-16-12-19/h3-4,6,9,12H,2,5,7-8,10-11H2,1H3,(H2,17,18,21). The lowest BCUT2D eigenvalue weighted by Crippen LogP contribution is -2.37. The third-order valence-electron chi connectivity index (χ3n) is 3.01. The van der Waals surface area contributed by atoms with Crippen LogP contribution in [-0.2, 0) is 12.3 Å². The van der Waals surface area contributed by atoms with Crippen molar-refractivity contribution in [1.29, 1.82) is 0 Å². The molecule has 0 spiro atoms. The van der Waals surface area contributed by atoms with Gasteiger partial charge >= 0.3 is 0 Å². The molecule has 0 radical (unpaired) electrons. The molecule has 22 heavy (non-hydrogen) atoms. The van der Waals surface area contributed by atoms with E-state index in [1.807, 2.05) is 43.3 Å². The van der Waals surface area contributed by atoms with Gasteiger partial charge in [0.15, 0.2) is 5.11 Å². The summed E-state index contributed by atoms with van der Waals surface area (Å²) >= 11 is 7.08. The van der Waals surface area contributed by atoms with Gasteiger partial charge in [-0.25, -0.2) is 4.98 Å². The van der Waals surface area contributed by atoms with Crippen molar-refractivity contribution < 1.29 is 4.42 Å². The lowest BCUT2D eigenvalue weighted by molar-refractivity contribution is 0.501. The number of furan rings is 1. The van der Waals surface area contributed by atoms with Crippen LogP contribution in [0, 0.1) is 6.92 Å². The molecule has 120 valence electrons. The van der Waals surface area contributed by atoms with Crippen molar-refractivity contribution in [3.63, 3.8) is 0 Å². The van der Waals surface area contributed by atoms with Crippen LogP contribution in [0.3, 0.4) is 0 Å². The Morgan fingerprint density at radius 3 is 2.95 bits per heavy atom. The Balaban J connectivity index is 1.44. The molecule has 0 saturated carbocycles. The Labute approximate surface area is 140 Å². The molecule has 0 aliphatic rings. The molecule has 7 heteroatoms. The molecule has 0 saturated heterocycles. The van der Waals surface area contributed by atoms with Crippen molar-refractivity contribution in [2.75, 3.05) is 18.8 Å². The van der Waals surface area contributed by atoms with Crippen LogP contribution in [0.15, 0.2) is 35.3 Å². The molecule has 0 fully saturated rings. The van der Waals surface area contributed by atoms with Crippen LogP contribution in [0.5, 0.6) is 0 Å². The third-order valence-corrected chi connectivity index (χ3v) is 4.28. The van der Waals surface area contributed by atoms with E-state index in [0.717, 1.165) is 54.2 Å². The van der Waals surface area contributed by atoms with E-state index in [1.54, 1.807) is 6.20 Å². The zero-order valence-electron chi connectivity index (χ0n) is 12.7. The Morgan fingerprint density at radius 2 is 2.23 bits per heavy atom. The normalized spacial score (nSPS) is 10.6. The fourth-order valence-corrected chi connectivity index (χ4v) is 2.87. The number of imidazole rings is 1. The summed E-state index contributed by atoms with van der Waals surface area (Å²) in [6.45, 7) is 4.64. The summed E-state index contributed by atoms with van der Waals surface area (Å²) in [5.41, 5.74) is 0. The Hall–Kier alpha value is -1.47. The molecule has 0 atom stereocenters. The second-order valence-electron chi connectivity index (χ2n) is 4.90. The van der Waals surface area contributed by atoms with Gasteiger partial charge in [-0.1, -0.05) is 0 Å². The molecule has 5 nitrogen and oxygen atoms in total. The average Bonchev–Trinajstić information content (AvgIpc) is 3.15. The van der Waals surface area contributed by atoms with Gasteiger partial charge in [-0.05, 0) is 37.7 Å². The van der Waals surface area contributed by atoms with E-state index in [2.05, 4.69) is 20.2 Å². The molecule has 2 aromatic heterocycles. The molecule has 2 rings (SSSR count). The van der Waals surface area contributed by atoms with Gasteiger partial charge in [-0.3, -0.25) is 0 Å². The van der Waals surface area contributed by atoms with Crippen molar-refractivity contribution in [1.82, 2.24) is 20.2 Å². The van der Waals surface area contributed by atoms with Gasteiger partial charge in [-0.15, -0.1) is 0 Å². The lowest BCUT2D eigenvalue weighted by Gasteiger charge is -2.10. The van der Waals surface area contributed by atoms with E-state index in [4.69, 9.17) is 16.6 Å². The Kier molecular flexibility index (Phi) is 7.32. The van der Waals surface area contributed by atoms with E-state index < -0.39 is 0 Å². The van der Waals surface area contributed by atoms with Crippen molar-refractivity contribution in [2.45, 2.75) is 25.6 Å². The molecule has 0 aliphatic heterocycles. The summed E-state index contributed by atoms with van der Waals surface area (Å²) in [6.07, 6.45) is 6.61. The maximum atomic E-state index is 5.52. The highest BCUT2D eigenvalue weighted by Crippen LogP contribution is 2.14. The maximum absolute atomic E-state index is 5.52. The highest BCUT2D eigenvalue weighted by Gasteiger charge is 1.99. The van der Waals surface area contributed by atoms with Crippen LogP contribution in [0.4, 0.5) is 0 Å². The van der Waals surface area contributed by atoms with Crippen LogP contribution < -0.4 is 10.6 Å². The number of aromatic nitrogens is 2. The van der Waals surface area contributed by atoms with Gasteiger partial charge < -0.3 is 19.6 Å². The largest absolute Gasteiger partial charge is 0.466 e. The van der Waals surface area contributed by atoms with E-state index in [1.165, 1.54) is 0 Å². The number of nitrogens with one attached hydrogen (secondary N) is 2. The van der Waals surface area contributed by atoms with E-state index in [9.17, 15) is 0 Å². The minimum atomic E-state index is 0.722. The third kappa shape index (κ3) is 6.53. The molecule has 2 heterocycles. The second kappa shape index (κ2) is 9.53. The summed E-state index contributed by atoms with van der Waals surface area (Å²) < 4.78 is 7.58. The highest BCUT2D eigenvalue weighted by molar-refractivity contribution is 7.98. The number of hydrogen-bond donors (Lipinski definition) is 2. The Bertz CT molecular complexity index is 554. The molecule has 0 aliphatic carbocycles. The summed E-state index contributed by atoms with van der Waals surface area (Å²) in [5, 5.41) is 7.16. The minimum Gasteiger partial charge on any atom is -0.466 e. The monoisotopic (exact) mass is 338 g/mol. The van der Waals surface area contributed by atoms with Crippen molar-refractivity contribution in [3.8, 4) is 0 Å². The molecule has 0 unspecified atom stereocenters. The van der Waals surface area contributed by atoms with Crippen molar-refractivity contribution in [3.05, 3.63) is 42.4 Å². The first kappa shape index (κ1) is 16.9. The predicted molar refractivity (Wildman–Crippen MR) is 95.1 cm³/mol. The quantitative estimate of drug-likeness (QED) is 0.541. The maximum Gasteiger partial charge on any atom is 0.166 e. The molecular formula is C15H22N4OS2. The first-order valence-corrected chi connectivity index (χ1v) is 8.91. The minimum absolute atomic E-state index is 0.722. The number of aryl methyl sites for hydroxylation is 2. The summed E-state index contributed by atoms with van der Waals surface area (Å²) in [7, 11) is 0. The Morgan fingerprint density at radius 1 is 1.36 bits per heavy atom. The zero-order chi connectivity index (χ0) is 15.6. The highest BCUT2D eigenvalue weighted by atomic mass is 32.2. The number of nitrogens with zero attached hydrogens (tertiary/aromatic N) is 2. The summed E-state index contributed by atoms with van der Waals surface area (Å²) in [4.78, 5) is 4.01.